The van der Waals surface area contributed by atoms with Gasteiger partial charge in [0.25, 0.3) is 0 Å². The van der Waals surface area contributed by atoms with E-state index in [1.807, 2.05) is 13.8 Å². The molecule has 0 aromatic heterocycles. The maximum atomic E-state index is 11.6. The maximum Gasteiger partial charge on any atom is 0.246 e. The van der Waals surface area contributed by atoms with Crippen LogP contribution in [-0.4, -0.2) is 90.1 Å². The summed E-state index contributed by atoms with van der Waals surface area (Å²) in [5.41, 5.74) is 5.33. The van der Waals surface area contributed by atoms with Crippen molar-refractivity contribution in [2.24, 2.45) is 11.7 Å². The second-order valence-electron chi connectivity index (χ2n) is 6.54. The third kappa shape index (κ3) is 19.5. The summed E-state index contributed by atoms with van der Waals surface area (Å²) in [5, 5.41) is 5.39. The van der Waals surface area contributed by atoms with Crippen LogP contribution < -0.4 is 16.4 Å². The van der Waals surface area contributed by atoms with E-state index in [9.17, 15) is 14.4 Å². The molecule has 0 unspecified atom stereocenters. The van der Waals surface area contributed by atoms with Crippen molar-refractivity contribution in [2.75, 3.05) is 72.5 Å². The van der Waals surface area contributed by atoms with Crippen LogP contribution >= 0.6 is 0 Å². The molecule has 29 heavy (non-hydrogen) atoms. The van der Waals surface area contributed by atoms with E-state index in [-0.39, 0.29) is 43.3 Å². The lowest BCUT2D eigenvalue weighted by molar-refractivity contribution is -0.128. The van der Waals surface area contributed by atoms with Crippen LogP contribution in [0, 0.1) is 5.92 Å². The molecule has 0 aliphatic rings. The first-order chi connectivity index (χ1) is 14.0. The predicted molar refractivity (Wildman–Crippen MR) is 107 cm³/mol. The first kappa shape index (κ1) is 27.4. The Hall–Kier alpha value is -1.59. The van der Waals surface area contributed by atoms with Gasteiger partial charge in [0.05, 0.1) is 39.6 Å². The largest absolute Gasteiger partial charge is 0.377 e. The Labute approximate surface area is 173 Å². The average Bonchev–Trinajstić information content (AvgIpc) is 2.69. The number of carbonyl (C=O) groups excluding carboxylic acids is 3. The molecule has 0 spiro atoms. The number of hydrogen-bond donors (Lipinski definition) is 3. The van der Waals surface area contributed by atoms with Gasteiger partial charge in [0, 0.05) is 25.4 Å². The van der Waals surface area contributed by atoms with Crippen LogP contribution in [0.4, 0.5) is 0 Å². The van der Waals surface area contributed by atoms with Crippen molar-refractivity contribution in [2.45, 2.75) is 26.7 Å². The Morgan fingerprint density at radius 3 is 1.83 bits per heavy atom. The summed E-state index contributed by atoms with van der Waals surface area (Å²) in [4.78, 5) is 34.2. The van der Waals surface area contributed by atoms with Crippen LogP contribution in [0.3, 0.4) is 0 Å². The third-order valence-electron chi connectivity index (χ3n) is 3.61. The molecule has 0 saturated heterocycles. The van der Waals surface area contributed by atoms with E-state index in [1.54, 1.807) is 0 Å². The Bertz CT molecular complexity index is 448. The minimum atomic E-state index is -0.237. The molecule has 0 aliphatic carbocycles. The summed E-state index contributed by atoms with van der Waals surface area (Å²) < 4.78 is 21.0. The quantitative estimate of drug-likeness (QED) is 0.219. The first-order valence-electron chi connectivity index (χ1n) is 10.0. The molecular weight excluding hydrogens is 382 g/mol. The number of carbonyl (C=O) groups is 3. The molecule has 0 heterocycles. The molecule has 2 amide bonds. The SMILES string of the molecule is CC(C)C(=O)COCCOCCNC(=O)COCCOCCNC(=O)CCCN. The minimum absolute atomic E-state index is 0.0286. The van der Waals surface area contributed by atoms with Gasteiger partial charge < -0.3 is 35.3 Å². The van der Waals surface area contributed by atoms with Crippen LogP contribution in [0.25, 0.3) is 0 Å². The number of nitrogens with one attached hydrogen (secondary N) is 2. The zero-order valence-electron chi connectivity index (χ0n) is 17.7. The van der Waals surface area contributed by atoms with Crippen LogP contribution in [0.5, 0.6) is 0 Å². The van der Waals surface area contributed by atoms with Crippen molar-refractivity contribution in [1.82, 2.24) is 10.6 Å². The third-order valence-corrected chi connectivity index (χ3v) is 3.61. The highest BCUT2D eigenvalue weighted by Gasteiger charge is 2.06. The Balaban J connectivity index is 3.30. The standard InChI is InChI=1S/C19H37N3O7/c1-16(2)17(23)14-28-12-10-27-9-7-22-19(25)15-29-13-11-26-8-6-21-18(24)4-3-5-20/h16H,3-15,20H2,1-2H3,(H,21,24)(H,22,25). The highest BCUT2D eigenvalue weighted by atomic mass is 16.5. The van der Waals surface area contributed by atoms with E-state index < -0.39 is 0 Å². The number of ketones is 1. The van der Waals surface area contributed by atoms with Gasteiger partial charge in [0.15, 0.2) is 5.78 Å². The van der Waals surface area contributed by atoms with Gasteiger partial charge in [-0.25, -0.2) is 0 Å². The Kier molecular flexibility index (Phi) is 18.6. The number of hydrogen-bond acceptors (Lipinski definition) is 8. The van der Waals surface area contributed by atoms with Gasteiger partial charge in [0.1, 0.15) is 13.2 Å². The van der Waals surface area contributed by atoms with E-state index in [0.717, 1.165) is 0 Å². The van der Waals surface area contributed by atoms with Gasteiger partial charge in [-0.3, -0.25) is 14.4 Å². The lowest BCUT2D eigenvalue weighted by atomic mass is 10.1. The fourth-order valence-corrected chi connectivity index (χ4v) is 1.87. The van der Waals surface area contributed by atoms with Gasteiger partial charge in [-0.15, -0.1) is 0 Å². The molecular formula is C19H37N3O7. The summed E-state index contributed by atoms with van der Waals surface area (Å²) in [5.74, 6) is -0.240. The number of Topliss-reactive ketones (excluding diaryl/α,β-unsaturated/α-hetero) is 1. The molecule has 10 nitrogen and oxygen atoms in total. The van der Waals surface area contributed by atoms with E-state index >= 15 is 0 Å². The zero-order chi connectivity index (χ0) is 21.7. The van der Waals surface area contributed by atoms with Gasteiger partial charge in [-0.05, 0) is 13.0 Å². The fraction of sp³-hybridized carbons (Fsp3) is 0.842. The highest BCUT2D eigenvalue weighted by Crippen LogP contribution is 1.94. The molecule has 4 N–H and O–H groups in total. The molecule has 0 saturated carbocycles. The van der Waals surface area contributed by atoms with Crippen molar-refractivity contribution in [3.63, 3.8) is 0 Å². The zero-order valence-corrected chi connectivity index (χ0v) is 17.7. The number of ether oxygens (including phenoxy) is 4. The highest BCUT2D eigenvalue weighted by molar-refractivity contribution is 5.81. The second-order valence-corrected chi connectivity index (χ2v) is 6.54. The topological polar surface area (TPSA) is 138 Å². The van der Waals surface area contributed by atoms with Crippen molar-refractivity contribution < 1.29 is 33.3 Å². The van der Waals surface area contributed by atoms with Crippen LogP contribution in [0.2, 0.25) is 0 Å². The number of nitrogens with two attached hydrogens (primary N) is 1. The molecule has 0 fully saturated rings. The minimum Gasteiger partial charge on any atom is -0.377 e. The van der Waals surface area contributed by atoms with Gasteiger partial charge in [-0.2, -0.15) is 0 Å². The summed E-state index contributed by atoms with van der Waals surface area (Å²) in [7, 11) is 0. The molecule has 0 bridgehead atoms. The monoisotopic (exact) mass is 419 g/mol. The van der Waals surface area contributed by atoms with Gasteiger partial charge >= 0.3 is 0 Å². The molecule has 0 aromatic rings. The number of amides is 2. The van der Waals surface area contributed by atoms with Crippen molar-refractivity contribution in [3.05, 3.63) is 0 Å². The lowest BCUT2D eigenvalue weighted by Gasteiger charge is -2.09. The average molecular weight is 420 g/mol. The summed E-state index contributed by atoms with van der Waals surface area (Å²) >= 11 is 0. The van der Waals surface area contributed by atoms with E-state index in [0.29, 0.717) is 65.5 Å². The van der Waals surface area contributed by atoms with Gasteiger partial charge in [0.2, 0.25) is 11.8 Å². The summed E-state index contributed by atoms with van der Waals surface area (Å²) in [6.07, 6.45) is 1.09. The molecule has 10 heteroatoms. The Morgan fingerprint density at radius 2 is 1.28 bits per heavy atom. The number of rotatable bonds is 20. The molecule has 0 radical (unpaired) electrons. The maximum absolute atomic E-state index is 11.6. The second kappa shape index (κ2) is 19.7. The normalized spacial score (nSPS) is 10.9. The molecule has 170 valence electrons. The molecule has 0 rings (SSSR count). The van der Waals surface area contributed by atoms with Crippen molar-refractivity contribution in [1.29, 1.82) is 0 Å². The molecule has 0 aliphatic heterocycles. The van der Waals surface area contributed by atoms with E-state index in [1.165, 1.54) is 0 Å². The molecule has 0 aromatic carbocycles. The summed E-state index contributed by atoms with van der Waals surface area (Å²) in [6, 6.07) is 0. The fourth-order valence-electron chi connectivity index (χ4n) is 1.87. The van der Waals surface area contributed by atoms with Gasteiger partial charge in [-0.1, -0.05) is 13.8 Å². The molecule has 0 atom stereocenters. The van der Waals surface area contributed by atoms with E-state index in [2.05, 4.69) is 10.6 Å². The first-order valence-corrected chi connectivity index (χ1v) is 10.0. The smallest absolute Gasteiger partial charge is 0.246 e. The van der Waals surface area contributed by atoms with Crippen molar-refractivity contribution >= 4 is 17.6 Å². The van der Waals surface area contributed by atoms with Crippen LogP contribution in [0.1, 0.15) is 26.7 Å². The predicted octanol–water partition coefficient (Wildman–Crippen LogP) is -0.751. The summed E-state index contributed by atoms with van der Waals surface area (Å²) in [6.45, 7) is 7.08. The van der Waals surface area contributed by atoms with E-state index in [4.69, 9.17) is 24.7 Å². The van der Waals surface area contributed by atoms with Crippen LogP contribution in [-0.2, 0) is 33.3 Å². The van der Waals surface area contributed by atoms with Crippen LogP contribution in [0.15, 0.2) is 0 Å². The lowest BCUT2D eigenvalue weighted by Crippen LogP contribution is -2.31. The van der Waals surface area contributed by atoms with Crippen molar-refractivity contribution in [3.8, 4) is 0 Å². The Morgan fingerprint density at radius 1 is 0.759 bits per heavy atom.